The normalized spacial score (nSPS) is 19.7. The van der Waals surface area contributed by atoms with Gasteiger partial charge in [-0.2, -0.15) is 0 Å². The lowest BCUT2D eigenvalue weighted by atomic mass is 9.93. The van der Waals surface area contributed by atoms with Gasteiger partial charge in [-0.3, -0.25) is 18.8 Å². The van der Waals surface area contributed by atoms with Gasteiger partial charge in [-0.05, 0) is 43.4 Å². The zero-order valence-electron chi connectivity index (χ0n) is 29.5. The first kappa shape index (κ1) is 35.9. The molecule has 3 N–H and O–H groups in total. The van der Waals surface area contributed by atoms with E-state index < -0.39 is 23.5 Å². The predicted molar refractivity (Wildman–Crippen MR) is 201 cm³/mol. The Labute approximate surface area is 317 Å². The third-order valence-electron chi connectivity index (χ3n) is 10.7. The number of nitrogens with zero attached hydrogens (tertiary/aromatic N) is 6. The number of aryl methyl sites for hydroxylation is 2. The Morgan fingerprint density at radius 2 is 1.72 bits per heavy atom. The van der Waals surface area contributed by atoms with Gasteiger partial charge in [0.15, 0.2) is 11.5 Å². The van der Waals surface area contributed by atoms with E-state index in [-0.39, 0.29) is 45.2 Å². The summed E-state index contributed by atoms with van der Waals surface area (Å²) in [6.07, 6.45) is 0.395. The lowest BCUT2D eigenvalue weighted by Crippen LogP contribution is -2.59. The maximum absolute atomic E-state index is 13.9. The van der Waals surface area contributed by atoms with Crippen LogP contribution in [0.1, 0.15) is 48.7 Å². The minimum atomic E-state index is -3.08. The second-order valence-corrected chi connectivity index (χ2v) is 14.6. The number of rotatable bonds is 7. The van der Waals surface area contributed by atoms with Crippen molar-refractivity contribution < 1.29 is 18.3 Å². The number of ether oxygens (including phenoxy) is 1. The Kier molecular flexibility index (Phi) is 9.05. The molecule has 0 saturated carbocycles. The van der Waals surface area contributed by atoms with Gasteiger partial charge < -0.3 is 20.7 Å². The van der Waals surface area contributed by atoms with Crippen molar-refractivity contribution in [2.45, 2.75) is 43.7 Å². The molecule has 2 atom stereocenters. The molecule has 3 aromatic heterocycles. The summed E-state index contributed by atoms with van der Waals surface area (Å²) in [7, 11) is 4.22. The van der Waals surface area contributed by atoms with Crippen LogP contribution in [0, 0.1) is 0 Å². The molecule has 5 heterocycles. The molecular weight excluding hydrogens is 743 g/mol. The number of amides is 2. The van der Waals surface area contributed by atoms with Gasteiger partial charge in [0, 0.05) is 62.0 Å². The molecule has 280 valence electrons. The molecule has 3 aliphatic rings. The summed E-state index contributed by atoms with van der Waals surface area (Å²) in [6, 6.07) is 12.6. The molecular formula is C37H35Cl2F2N9O4. The van der Waals surface area contributed by atoms with Crippen molar-refractivity contribution >= 4 is 51.8 Å². The molecule has 0 radical (unpaired) electrons. The van der Waals surface area contributed by atoms with E-state index in [1.807, 2.05) is 12.1 Å². The Balaban J connectivity index is 1.14. The molecule has 54 heavy (non-hydrogen) atoms. The van der Waals surface area contributed by atoms with Gasteiger partial charge in [-0.25, -0.2) is 33.3 Å². The summed E-state index contributed by atoms with van der Waals surface area (Å²) < 4.78 is 35.6. The highest BCUT2D eigenvalue weighted by Gasteiger charge is 2.45. The predicted octanol–water partition coefficient (Wildman–Crippen LogP) is 5.89. The highest BCUT2D eigenvalue weighted by atomic mass is 35.5. The van der Waals surface area contributed by atoms with Crippen molar-refractivity contribution in [1.29, 1.82) is 0 Å². The number of fused-ring (bicyclic) bond motifs is 2. The van der Waals surface area contributed by atoms with E-state index in [9.17, 15) is 23.2 Å². The van der Waals surface area contributed by atoms with Crippen molar-refractivity contribution in [3.05, 3.63) is 90.3 Å². The van der Waals surface area contributed by atoms with Gasteiger partial charge in [0.2, 0.25) is 5.88 Å². The van der Waals surface area contributed by atoms with Crippen LogP contribution in [0.4, 0.5) is 25.1 Å². The summed E-state index contributed by atoms with van der Waals surface area (Å²) in [4.78, 5) is 53.1. The Morgan fingerprint density at radius 3 is 2.46 bits per heavy atom. The number of methoxy groups -OCH3 is 1. The van der Waals surface area contributed by atoms with Crippen molar-refractivity contribution in [2.24, 2.45) is 14.1 Å². The molecule has 13 nitrogen and oxygen atoms in total. The quantitative estimate of drug-likeness (QED) is 0.184. The Bertz CT molecular complexity index is 2490. The first-order valence-electron chi connectivity index (χ1n) is 17.4. The van der Waals surface area contributed by atoms with Crippen molar-refractivity contribution in [3.63, 3.8) is 0 Å². The highest BCUT2D eigenvalue weighted by molar-refractivity contribution is 6.39. The van der Waals surface area contributed by atoms with Crippen LogP contribution in [0.5, 0.6) is 5.88 Å². The number of hydrogen-bond donors (Lipinski definition) is 3. The molecule has 0 bridgehead atoms. The van der Waals surface area contributed by atoms with Gasteiger partial charge in [0.25, 0.3) is 12.0 Å². The van der Waals surface area contributed by atoms with Crippen molar-refractivity contribution in [3.8, 4) is 28.3 Å². The number of benzene rings is 2. The molecule has 2 aliphatic heterocycles. The van der Waals surface area contributed by atoms with Crippen LogP contribution >= 0.6 is 23.2 Å². The average molecular weight is 779 g/mol. The average Bonchev–Trinajstić information content (AvgIpc) is 3.77. The zero-order chi connectivity index (χ0) is 38.1. The smallest absolute Gasteiger partial charge is 0.332 e. The van der Waals surface area contributed by atoms with E-state index in [1.165, 1.54) is 14.1 Å². The SMILES string of the molecule is COc1nc(-c2cccc(-c3cccc(Nc4nc(C(F)F)nc5c4c(=O)n(C)c(=O)n5C)c3Cl)c2Cl)cc2c1C(N1CCC3(CCNC(=O)N3)C1)CC2. The molecule has 2 amide bonds. The minimum absolute atomic E-state index is 0.104. The summed E-state index contributed by atoms with van der Waals surface area (Å²) in [5, 5.41) is 9.37. The fourth-order valence-electron chi connectivity index (χ4n) is 8.05. The number of hydrogen-bond acceptors (Lipinski definition) is 9. The summed E-state index contributed by atoms with van der Waals surface area (Å²) in [5.41, 5.74) is 2.82. The lowest BCUT2D eigenvalue weighted by Gasteiger charge is -2.36. The molecule has 2 aromatic carbocycles. The van der Waals surface area contributed by atoms with Crippen LogP contribution in [0.25, 0.3) is 33.4 Å². The number of carbonyl (C=O) groups is 1. The maximum atomic E-state index is 13.9. The monoisotopic (exact) mass is 777 g/mol. The molecule has 1 spiro atoms. The van der Waals surface area contributed by atoms with E-state index in [0.717, 1.165) is 59.0 Å². The fraction of sp³-hybridized carbons (Fsp3) is 0.351. The third kappa shape index (κ3) is 5.94. The van der Waals surface area contributed by atoms with Crippen LogP contribution in [0.15, 0.2) is 52.1 Å². The van der Waals surface area contributed by atoms with Gasteiger partial charge in [-0.1, -0.05) is 53.5 Å². The van der Waals surface area contributed by atoms with Gasteiger partial charge in [-0.15, -0.1) is 0 Å². The van der Waals surface area contributed by atoms with E-state index in [4.69, 9.17) is 32.9 Å². The molecule has 2 fully saturated rings. The minimum Gasteiger partial charge on any atom is -0.481 e. The second kappa shape index (κ2) is 13.6. The molecule has 8 rings (SSSR count). The van der Waals surface area contributed by atoms with Crippen LogP contribution in [0.2, 0.25) is 10.0 Å². The van der Waals surface area contributed by atoms with Crippen molar-refractivity contribution in [2.75, 3.05) is 32.1 Å². The standard InChI is InChI=1S/C37H35Cl2F2N9O4/c1-48-32-26(34(51)49(2)36(48)53)30(45-31(46-32)29(40)41)43-22-9-5-7-20(28(22)39)19-6-4-8-21(27(19)38)23-16-18-10-11-24(25(18)33(44-23)54-3)50-15-13-37(17-50)12-14-42-35(52)47-37/h4-9,16,24,29H,10-15,17H2,1-3H3,(H2,42,47,52)(H,43,45,46). The summed E-state index contributed by atoms with van der Waals surface area (Å²) in [5.74, 6) is -0.572. The van der Waals surface area contributed by atoms with Crippen LogP contribution < -0.4 is 31.9 Å². The second-order valence-electron chi connectivity index (χ2n) is 13.9. The number of alkyl halides is 2. The number of pyridine rings is 1. The topological polar surface area (TPSA) is 148 Å². The number of halogens is 4. The molecule has 1 aliphatic carbocycles. The lowest BCUT2D eigenvalue weighted by molar-refractivity contribution is 0.141. The summed E-state index contributed by atoms with van der Waals surface area (Å²) >= 11 is 14.1. The maximum Gasteiger partial charge on any atom is 0.332 e. The van der Waals surface area contributed by atoms with Crippen LogP contribution in [0.3, 0.4) is 0 Å². The van der Waals surface area contributed by atoms with Crippen LogP contribution in [-0.4, -0.2) is 67.3 Å². The first-order chi connectivity index (χ1) is 25.9. The number of urea groups is 1. The molecule has 17 heteroatoms. The number of aromatic nitrogens is 5. The first-order valence-corrected chi connectivity index (χ1v) is 18.1. The summed E-state index contributed by atoms with van der Waals surface area (Å²) in [6.45, 7) is 2.27. The number of nitrogens with one attached hydrogen (secondary N) is 3. The van der Waals surface area contributed by atoms with Crippen molar-refractivity contribution in [1.82, 2.24) is 39.6 Å². The Hall–Kier alpha value is -5.12. The zero-order valence-corrected chi connectivity index (χ0v) is 31.0. The number of anilines is 2. The van der Waals surface area contributed by atoms with Gasteiger partial charge >= 0.3 is 11.7 Å². The van der Waals surface area contributed by atoms with E-state index in [2.05, 4.69) is 36.9 Å². The van der Waals surface area contributed by atoms with E-state index in [0.29, 0.717) is 39.8 Å². The van der Waals surface area contributed by atoms with Crippen LogP contribution in [-0.2, 0) is 20.5 Å². The van der Waals surface area contributed by atoms with E-state index >= 15 is 0 Å². The van der Waals surface area contributed by atoms with Gasteiger partial charge in [0.05, 0.1) is 34.1 Å². The Morgan fingerprint density at radius 1 is 0.981 bits per heavy atom. The molecule has 2 unspecified atom stereocenters. The van der Waals surface area contributed by atoms with Gasteiger partial charge in [0.1, 0.15) is 11.2 Å². The number of carbonyl (C=O) groups excluding carboxylic acids is 1. The number of likely N-dealkylation sites (tertiary alicyclic amines) is 1. The highest BCUT2D eigenvalue weighted by Crippen LogP contribution is 2.47. The third-order valence-corrected chi connectivity index (χ3v) is 11.6. The molecule has 2 saturated heterocycles. The largest absolute Gasteiger partial charge is 0.481 e. The fourth-order valence-corrected chi connectivity index (χ4v) is 8.65. The van der Waals surface area contributed by atoms with E-state index in [1.54, 1.807) is 31.4 Å². The molecule has 5 aromatic rings.